The van der Waals surface area contributed by atoms with Crippen molar-refractivity contribution in [2.75, 3.05) is 0 Å². The third-order valence-electron chi connectivity index (χ3n) is 7.18. The molecule has 2 heteroatoms. The summed E-state index contributed by atoms with van der Waals surface area (Å²) in [5.41, 5.74) is 13.1. The molecule has 0 bridgehead atoms. The van der Waals surface area contributed by atoms with Crippen molar-refractivity contribution in [1.82, 2.24) is 9.97 Å². The van der Waals surface area contributed by atoms with Gasteiger partial charge in [-0.1, -0.05) is 42.5 Å². The molecule has 2 aromatic heterocycles. The molecule has 0 saturated carbocycles. The van der Waals surface area contributed by atoms with Crippen molar-refractivity contribution in [3.05, 3.63) is 95.3 Å². The lowest BCUT2D eigenvalue weighted by atomic mass is 9.88. The first-order valence-electron chi connectivity index (χ1n) is 12.0. The molecule has 0 saturated heterocycles. The summed E-state index contributed by atoms with van der Waals surface area (Å²) in [5.74, 6) is 0. The van der Waals surface area contributed by atoms with Crippen LogP contribution in [-0.2, 0) is 25.7 Å². The summed E-state index contributed by atoms with van der Waals surface area (Å²) in [6.07, 6.45) is 13.8. The van der Waals surface area contributed by atoms with E-state index in [1.165, 1.54) is 94.4 Å². The van der Waals surface area contributed by atoms with Gasteiger partial charge in [-0.05, 0) is 103 Å². The van der Waals surface area contributed by atoms with Crippen molar-refractivity contribution in [3.63, 3.8) is 0 Å². The zero-order chi connectivity index (χ0) is 21.3. The smallest absolute Gasteiger partial charge is 0.0736 e. The van der Waals surface area contributed by atoms with Gasteiger partial charge in [0.05, 0.1) is 11.4 Å². The van der Waals surface area contributed by atoms with E-state index in [4.69, 9.17) is 9.97 Å². The molecule has 2 aromatic carbocycles. The first-order valence-corrected chi connectivity index (χ1v) is 12.0. The van der Waals surface area contributed by atoms with Gasteiger partial charge in [0, 0.05) is 23.5 Å². The van der Waals surface area contributed by atoms with Crippen LogP contribution in [0.25, 0.3) is 33.6 Å². The summed E-state index contributed by atoms with van der Waals surface area (Å²) in [6, 6.07) is 22.2. The third-order valence-corrected chi connectivity index (χ3v) is 7.18. The summed E-state index contributed by atoms with van der Waals surface area (Å²) in [7, 11) is 0. The molecule has 0 radical (unpaired) electrons. The van der Waals surface area contributed by atoms with Gasteiger partial charge in [0.25, 0.3) is 0 Å². The summed E-state index contributed by atoms with van der Waals surface area (Å²) < 4.78 is 0. The molecule has 0 unspecified atom stereocenters. The van der Waals surface area contributed by atoms with E-state index in [1.807, 2.05) is 12.4 Å². The van der Waals surface area contributed by atoms with Crippen LogP contribution in [0, 0.1) is 0 Å². The second kappa shape index (κ2) is 8.35. The standard InChI is InChI=1S/C30H28N2/c1-3-10-27-22(6-1)16-18-31-29(27)24-14-12-21(13-15-24)25-8-5-9-26(20-25)30-28-11-4-2-7-23(28)17-19-32-30/h5,8-9,12-20H,1-4,6-7,10-11H2. The topological polar surface area (TPSA) is 25.8 Å². The molecule has 4 aromatic rings. The molecule has 2 nitrogen and oxygen atoms in total. The quantitative estimate of drug-likeness (QED) is 0.352. The van der Waals surface area contributed by atoms with E-state index in [1.54, 1.807) is 0 Å². The Morgan fingerprint density at radius 3 is 1.66 bits per heavy atom. The highest BCUT2D eigenvalue weighted by molar-refractivity contribution is 5.75. The Balaban J connectivity index is 1.34. The van der Waals surface area contributed by atoms with Crippen molar-refractivity contribution < 1.29 is 0 Å². The second-order valence-electron chi connectivity index (χ2n) is 9.17. The van der Waals surface area contributed by atoms with E-state index in [-0.39, 0.29) is 0 Å². The number of benzene rings is 2. The van der Waals surface area contributed by atoms with E-state index < -0.39 is 0 Å². The molecule has 6 rings (SSSR count). The minimum absolute atomic E-state index is 1.14. The van der Waals surface area contributed by atoms with Crippen LogP contribution in [-0.4, -0.2) is 9.97 Å². The zero-order valence-corrected chi connectivity index (χ0v) is 18.5. The molecular weight excluding hydrogens is 388 g/mol. The fourth-order valence-electron chi connectivity index (χ4n) is 5.49. The highest BCUT2D eigenvalue weighted by Crippen LogP contribution is 2.34. The van der Waals surface area contributed by atoms with Crippen LogP contribution in [0.1, 0.15) is 47.9 Å². The molecule has 158 valence electrons. The van der Waals surface area contributed by atoms with Gasteiger partial charge in [-0.3, -0.25) is 9.97 Å². The van der Waals surface area contributed by atoms with Crippen LogP contribution in [0.5, 0.6) is 0 Å². The second-order valence-corrected chi connectivity index (χ2v) is 9.17. The predicted octanol–water partition coefficient (Wildman–Crippen LogP) is 7.24. The summed E-state index contributed by atoms with van der Waals surface area (Å²) >= 11 is 0. The summed E-state index contributed by atoms with van der Waals surface area (Å²) in [6.45, 7) is 0. The van der Waals surface area contributed by atoms with Crippen LogP contribution >= 0.6 is 0 Å². The van der Waals surface area contributed by atoms with Crippen LogP contribution in [0.4, 0.5) is 0 Å². The lowest BCUT2D eigenvalue weighted by molar-refractivity contribution is 0.684. The maximum Gasteiger partial charge on any atom is 0.0736 e. The number of nitrogens with zero attached hydrogens (tertiary/aromatic N) is 2. The molecule has 0 aliphatic heterocycles. The number of aryl methyl sites for hydroxylation is 2. The molecule has 0 amide bonds. The van der Waals surface area contributed by atoms with Crippen molar-refractivity contribution >= 4 is 0 Å². The van der Waals surface area contributed by atoms with Gasteiger partial charge in [-0.25, -0.2) is 0 Å². The molecule has 0 fully saturated rings. The maximum absolute atomic E-state index is 4.78. The highest BCUT2D eigenvalue weighted by atomic mass is 14.7. The van der Waals surface area contributed by atoms with Crippen molar-refractivity contribution in [3.8, 4) is 33.6 Å². The monoisotopic (exact) mass is 416 g/mol. The Morgan fingerprint density at radius 1 is 0.469 bits per heavy atom. The van der Waals surface area contributed by atoms with Gasteiger partial charge in [0.1, 0.15) is 0 Å². The Hall–Kier alpha value is -3.26. The van der Waals surface area contributed by atoms with Gasteiger partial charge in [0.2, 0.25) is 0 Å². The summed E-state index contributed by atoms with van der Waals surface area (Å²) in [5, 5.41) is 0. The molecule has 2 aliphatic carbocycles. The van der Waals surface area contributed by atoms with E-state index in [2.05, 4.69) is 60.7 Å². The van der Waals surface area contributed by atoms with E-state index in [0.29, 0.717) is 0 Å². The van der Waals surface area contributed by atoms with Crippen LogP contribution in [0.15, 0.2) is 73.1 Å². The van der Waals surface area contributed by atoms with Crippen molar-refractivity contribution in [2.24, 2.45) is 0 Å². The summed E-state index contributed by atoms with van der Waals surface area (Å²) in [4.78, 5) is 9.53. The van der Waals surface area contributed by atoms with E-state index in [0.717, 1.165) is 12.8 Å². The van der Waals surface area contributed by atoms with Crippen LogP contribution < -0.4 is 0 Å². The molecule has 32 heavy (non-hydrogen) atoms. The molecule has 0 N–H and O–H groups in total. The molecule has 0 spiro atoms. The minimum Gasteiger partial charge on any atom is -0.256 e. The van der Waals surface area contributed by atoms with Gasteiger partial charge < -0.3 is 0 Å². The van der Waals surface area contributed by atoms with E-state index >= 15 is 0 Å². The normalized spacial score (nSPS) is 15.1. The Labute approximate surface area is 190 Å². The number of hydrogen-bond acceptors (Lipinski definition) is 2. The zero-order valence-electron chi connectivity index (χ0n) is 18.5. The lowest BCUT2D eigenvalue weighted by Crippen LogP contribution is -2.05. The fraction of sp³-hybridized carbons (Fsp3) is 0.267. The number of aromatic nitrogens is 2. The van der Waals surface area contributed by atoms with Crippen molar-refractivity contribution in [2.45, 2.75) is 51.4 Å². The first kappa shape index (κ1) is 19.4. The maximum atomic E-state index is 4.78. The highest BCUT2D eigenvalue weighted by Gasteiger charge is 2.17. The molecule has 2 heterocycles. The lowest BCUT2D eigenvalue weighted by Gasteiger charge is -2.19. The average molecular weight is 417 g/mol. The number of rotatable bonds is 3. The van der Waals surface area contributed by atoms with Crippen LogP contribution in [0.3, 0.4) is 0 Å². The first-order chi connectivity index (χ1) is 15.9. The largest absolute Gasteiger partial charge is 0.256 e. The Morgan fingerprint density at radius 2 is 1.00 bits per heavy atom. The SMILES string of the molecule is c1cc(-c2ccc(-c3nccc4c3CCCC4)cc2)cc(-c2nccc3c2CCCC3)c1. The minimum atomic E-state index is 1.14. The predicted molar refractivity (Wildman–Crippen MR) is 132 cm³/mol. The van der Waals surface area contributed by atoms with Crippen LogP contribution in [0.2, 0.25) is 0 Å². The molecule has 0 atom stereocenters. The molecule has 2 aliphatic rings. The van der Waals surface area contributed by atoms with Gasteiger partial charge >= 0.3 is 0 Å². The van der Waals surface area contributed by atoms with Gasteiger partial charge in [-0.15, -0.1) is 0 Å². The third kappa shape index (κ3) is 3.54. The van der Waals surface area contributed by atoms with Gasteiger partial charge in [0.15, 0.2) is 0 Å². The average Bonchev–Trinajstić information content (AvgIpc) is 2.88. The number of hydrogen-bond donors (Lipinski definition) is 0. The van der Waals surface area contributed by atoms with Gasteiger partial charge in [-0.2, -0.15) is 0 Å². The van der Waals surface area contributed by atoms with Crippen molar-refractivity contribution in [1.29, 1.82) is 0 Å². The number of fused-ring (bicyclic) bond motifs is 2. The Bertz CT molecular complexity index is 1270. The fourth-order valence-corrected chi connectivity index (χ4v) is 5.49. The molecular formula is C30H28N2. The van der Waals surface area contributed by atoms with E-state index in [9.17, 15) is 0 Å². The Kier molecular flexibility index (Phi) is 5.07. The number of pyridine rings is 2.